The van der Waals surface area contributed by atoms with Crippen molar-refractivity contribution in [1.29, 1.82) is 0 Å². The van der Waals surface area contributed by atoms with Crippen LogP contribution in [-0.4, -0.2) is 11.9 Å². The van der Waals surface area contributed by atoms with Crippen LogP contribution < -0.4 is 91.2 Å². The second kappa shape index (κ2) is 10.3. The van der Waals surface area contributed by atoms with Crippen LogP contribution in [0.5, 0.6) is 0 Å². The molecule has 0 aliphatic rings. The molecule has 0 aliphatic carbocycles. The van der Waals surface area contributed by atoms with Crippen LogP contribution in [0.15, 0.2) is 12.2 Å². The third-order valence-electron chi connectivity index (χ3n) is 0.355. The molecule has 0 saturated carbocycles. The van der Waals surface area contributed by atoms with E-state index in [9.17, 15) is 19.8 Å². The average Bonchev–Trinajstić information content (AvgIpc) is 1.61. The van der Waals surface area contributed by atoms with Crippen molar-refractivity contribution in [1.82, 2.24) is 0 Å². The Morgan fingerprint density at radius 3 is 1.30 bits per heavy atom. The van der Waals surface area contributed by atoms with Gasteiger partial charge in [0.25, 0.3) is 0 Å². The molecular formula is C4H2KNaO4. The molecule has 0 aromatic heterocycles. The van der Waals surface area contributed by atoms with Gasteiger partial charge < -0.3 is 19.8 Å². The number of carbonyl (C=O) groups excluding carboxylic acids is 2. The normalized spacial score (nSPS) is 7.60. The SMILES string of the molecule is O=C([O-])C=CC(=O)[O-].[K+].[Na+]. The number of carboxylic acids is 2. The van der Waals surface area contributed by atoms with Crippen LogP contribution in [0.2, 0.25) is 0 Å². The molecule has 10 heavy (non-hydrogen) atoms. The van der Waals surface area contributed by atoms with E-state index in [0.717, 1.165) is 0 Å². The maximum Gasteiger partial charge on any atom is 1.00 e. The third-order valence-corrected chi connectivity index (χ3v) is 0.355. The Kier molecular flexibility index (Phi) is 18.0. The predicted octanol–water partition coefficient (Wildman–Crippen LogP) is -8.95. The first-order valence-corrected chi connectivity index (χ1v) is 1.73. The molecule has 0 amide bonds. The van der Waals surface area contributed by atoms with E-state index < -0.39 is 11.9 Å². The van der Waals surface area contributed by atoms with Crippen molar-refractivity contribution >= 4 is 11.9 Å². The van der Waals surface area contributed by atoms with Crippen molar-refractivity contribution in [2.75, 3.05) is 0 Å². The Morgan fingerprint density at radius 2 is 1.20 bits per heavy atom. The van der Waals surface area contributed by atoms with Crippen molar-refractivity contribution < 1.29 is 101 Å². The van der Waals surface area contributed by atoms with Gasteiger partial charge in [-0.3, -0.25) is 0 Å². The quantitative estimate of drug-likeness (QED) is 0.309. The average molecular weight is 176 g/mol. The van der Waals surface area contributed by atoms with Gasteiger partial charge in [-0.25, -0.2) is 0 Å². The molecule has 0 aromatic carbocycles. The van der Waals surface area contributed by atoms with Gasteiger partial charge in [0, 0.05) is 0 Å². The summed E-state index contributed by atoms with van der Waals surface area (Å²) in [4.78, 5) is 18.8. The van der Waals surface area contributed by atoms with E-state index in [-0.39, 0.29) is 80.9 Å². The molecule has 0 atom stereocenters. The second-order valence-corrected chi connectivity index (χ2v) is 0.971. The number of hydrogen-bond donors (Lipinski definition) is 0. The number of carbonyl (C=O) groups is 2. The monoisotopic (exact) mass is 176 g/mol. The van der Waals surface area contributed by atoms with Crippen LogP contribution in [0.25, 0.3) is 0 Å². The Labute approximate surface area is 122 Å². The smallest absolute Gasteiger partial charge is 0.545 e. The molecule has 0 spiro atoms. The molecule has 0 rings (SSSR count). The molecular weight excluding hydrogens is 174 g/mol. The summed E-state index contributed by atoms with van der Waals surface area (Å²) in [5, 5.41) is 18.8. The number of aliphatic carboxylic acids is 2. The molecule has 0 aliphatic heterocycles. The summed E-state index contributed by atoms with van der Waals surface area (Å²) in [5.74, 6) is -3.09. The van der Waals surface area contributed by atoms with Crippen LogP contribution in [0.3, 0.4) is 0 Å². The fraction of sp³-hybridized carbons (Fsp3) is 0. The van der Waals surface area contributed by atoms with Crippen molar-refractivity contribution in [2.45, 2.75) is 0 Å². The number of hydrogen-bond acceptors (Lipinski definition) is 4. The van der Waals surface area contributed by atoms with E-state index >= 15 is 0 Å². The van der Waals surface area contributed by atoms with Crippen molar-refractivity contribution in [3.63, 3.8) is 0 Å². The molecule has 0 N–H and O–H groups in total. The van der Waals surface area contributed by atoms with E-state index in [1.165, 1.54) is 0 Å². The van der Waals surface area contributed by atoms with Crippen molar-refractivity contribution in [3.8, 4) is 0 Å². The van der Waals surface area contributed by atoms with E-state index in [2.05, 4.69) is 0 Å². The summed E-state index contributed by atoms with van der Waals surface area (Å²) in [5.41, 5.74) is 0. The summed E-state index contributed by atoms with van der Waals surface area (Å²) < 4.78 is 0. The minimum absolute atomic E-state index is 0. The predicted molar refractivity (Wildman–Crippen MR) is 19.2 cm³/mol. The van der Waals surface area contributed by atoms with Gasteiger partial charge in [0.05, 0.1) is 11.9 Å². The fourth-order valence-electron chi connectivity index (χ4n) is 0.136. The molecule has 4 nitrogen and oxygen atoms in total. The van der Waals surface area contributed by atoms with Crippen LogP contribution >= 0.6 is 0 Å². The molecule has 44 valence electrons. The minimum Gasteiger partial charge on any atom is -0.545 e. The molecule has 0 aromatic rings. The standard InChI is InChI=1S/C4H4O4.K.Na/c5-3(6)1-2-4(7)8;;/h1-2H,(H,5,6)(H,7,8);;/q;2*+1/p-2. The van der Waals surface area contributed by atoms with Gasteiger partial charge in [-0.15, -0.1) is 0 Å². The van der Waals surface area contributed by atoms with E-state index in [0.29, 0.717) is 12.2 Å². The molecule has 0 radical (unpaired) electrons. The van der Waals surface area contributed by atoms with Gasteiger partial charge in [0.1, 0.15) is 0 Å². The maximum atomic E-state index is 9.41. The minimum atomic E-state index is -1.55. The van der Waals surface area contributed by atoms with E-state index in [4.69, 9.17) is 0 Å². The zero-order chi connectivity index (χ0) is 6.57. The van der Waals surface area contributed by atoms with Gasteiger partial charge in [0.2, 0.25) is 0 Å². The van der Waals surface area contributed by atoms with Gasteiger partial charge >= 0.3 is 80.9 Å². The van der Waals surface area contributed by atoms with Crippen LogP contribution in [-0.2, 0) is 9.59 Å². The Balaban J connectivity index is -0.000000245. The molecule has 6 heteroatoms. The van der Waals surface area contributed by atoms with E-state index in [1.807, 2.05) is 0 Å². The summed E-state index contributed by atoms with van der Waals surface area (Å²) in [7, 11) is 0. The molecule has 0 saturated heterocycles. The van der Waals surface area contributed by atoms with Crippen LogP contribution in [0, 0.1) is 0 Å². The fourth-order valence-corrected chi connectivity index (χ4v) is 0.136. The summed E-state index contributed by atoms with van der Waals surface area (Å²) in [6.45, 7) is 0. The van der Waals surface area contributed by atoms with E-state index in [1.54, 1.807) is 0 Å². The summed E-state index contributed by atoms with van der Waals surface area (Å²) >= 11 is 0. The molecule has 0 bridgehead atoms. The Bertz CT molecular complexity index is 128. The van der Waals surface area contributed by atoms with Gasteiger partial charge in [-0.05, 0) is 12.2 Å². The van der Waals surface area contributed by atoms with Crippen molar-refractivity contribution in [2.24, 2.45) is 0 Å². The van der Waals surface area contributed by atoms with Gasteiger partial charge in [-0.1, -0.05) is 0 Å². The first-order valence-electron chi connectivity index (χ1n) is 1.73. The van der Waals surface area contributed by atoms with Gasteiger partial charge in [0.15, 0.2) is 0 Å². The van der Waals surface area contributed by atoms with Crippen molar-refractivity contribution in [3.05, 3.63) is 12.2 Å². The Morgan fingerprint density at radius 1 is 1.00 bits per heavy atom. The summed E-state index contributed by atoms with van der Waals surface area (Å²) in [6, 6.07) is 0. The third kappa shape index (κ3) is 16.2. The summed E-state index contributed by atoms with van der Waals surface area (Å²) in [6.07, 6.45) is 0.769. The first-order chi connectivity index (χ1) is 3.63. The largest absolute Gasteiger partial charge is 1.00 e. The van der Waals surface area contributed by atoms with Crippen LogP contribution in [0.4, 0.5) is 0 Å². The molecule has 0 unspecified atom stereocenters. The molecule has 0 heterocycles. The Hall–Kier alpha value is 1.32. The second-order valence-electron chi connectivity index (χ2n) is 0.971. The molecule has 0 fully saturated rings. The van der Waals surface area contributed by atoms with Crippen LogP contribution in [0.1, 0.15) is 0 Å². The van der Waals surface area contributed by atoms with Gasteiger partial charge in [-0.2, -0.15) is 0 Å². The maximum absolute atomic E-state index is 9.41. The zero-order valence-corrected chi connectivity index (χ0v) is 10.9. The topological polar surface area (TPSA) is 80.3 Å². The zero-order valence-electron chi connectivity index (χ0n) is 5.79. The number of rotatable bonds is 2. The first kappa shape index (κ1) is 17.4. The number of carboxylic acid groups (broad SMARTS) is 2.